The molecule has 0 heterocycles. The van der Waals surface area contributed by atoms with Crippen molar-refractivity contribution in [2.24, 2.45) is 0 Å². The highest BCUT2D eigenvalue weighted by molar-refractivity contribution is 7.51. The molecule has 0 bridgehead atoms. The molecule has 5 nitrogen and oxygen atoms in total. The van der Waals surface area contributed by atoms with Crippen LogP contribution in [-0.4, -0.2) is 28.4 Å². The minimum Gasteiger partial charge on any atom is -0.355 e. The van der Waals surface area contributed by atoms with Crippen LogP contribution in [0.1, 0.15) is 26.2 Å². The summed E-state index contributed by atoms with van der Waals surface area (Å²) in [6.45, 7) is 2.15. The monoisotopic (exact) mass is 257 g/mol. The average molecular weight is 257 g/mol. The van der Waals surface area contributed by atoms with Crippen LogP contribution in [0.5, 0.6) is 0 Å². The summed E-state index contributed by atoms with van der Waals surface area (Å²) in [7, 11) is -3.96. The molecule has 3 N–H and O–H groups in total. The van der Waals surface area contributed by atoms with Crippen molar-refractivity contribution >= 4 is 13.5 Å². The summed E-state index contributed by atoms with van der Waals surface area (Å²) < 4.78 is 10.5. The summed E-state index contributed by atoms with van der Waals surface area (Å²) in [6, 6.07) is 0. The van der Waals surface area contributed by atoms with Crippen LogP contribution in [-0.2, 0) is 9.36 Å². The highest BCUT2D eigenvalue weighted by Crippen LogP contribution is 2.34. The van der Waals surface area contributed by atoms with Crippen molar-refractivity contribution in [2.45, 2.75) is 26.2 Å². The summed E-state index contributed by atoms with van der Waals surface area (Å²) in [5, 5.41) is 2.51. The Morgan fingerprint density at radius 1 is 1.29 bits per heavy atom. The highest BCUT2D eigenvalue weighted by Gasteiger charge is 2.11. The first-order chi connectivity index (χ1) is 7.95. The minimum absolute atomic E-state index is 0.0499. The van der Waals surface area contributed by atoms with Gasteiger partial charge in [0.1, 0.15) is 0 Å². The number of carbonyl (C=O) groups is 1. The van der Waals surface area contributed by atoms with E-state index in [1.165, 1.54) is 0 Å². The Balaban J connectivity index is 3.66. The lowest BCUT2D eigenvalue weighted by molar-refractivity contribution is -0.120. The molecule has 0 radical (unpaired) electrons. The van der Waals surface area contributed by atoms with Gasteiger partial charge in [0.15, 0.2) is 0 Å². The molecule has 0 atom stereocenters. The van der Waals surface area contributed by atoms with Crippen molar-refractivity contribution < 1.29 is 19.1 Å². The third kappa shape index (κ3) is 12.7. The normalized spacial score (nSPS) is 9.59. The third-order valence-corrected chi connectivity index (χ3v) is 2.51. The smallest absolute Gasteiger partial charge is 0.325 e. The predicted molar refractivity (Wildman–Crippen MR) is 65.0 cm³/mol. The van der Waals surface area contributed by atoms with Gasteiger partial charge in [-0.3, -0.25) is 9.36 Å². The van der Waals surface area contributed by atoms with E-state index in [0.29, 0.717) is 0 Å². The molecule has 0 spiro atoms. The minimum atomic E-state index is -3.96. The Bertz CT molecular complexity index is 405. The number of nitrogens with one attached hydrogen (secondary N) is 1. The van der Waals surface area contributed by atoms with Crippen LogP contribution in [0.4, 0.5) is 0 Å². The molecule has 0 rings (SSSR count). The van der Waals surface area contributed by atoms with Crippen LogP contribution in [0.15, 0.2) is 0 Å². The zero-order valence-electron chi connectivity index (χ0n) is 9.69. The van der Waals surface area contributed by atoms with Crippen molar-refractivity contribution in [2.75, 3.05) is 12.7 Å². The molecule has 0 fully saturated rings. The predicted octanol–water partition coefficient (Wildman–Crippen LogP) is 0.477. The third-order valence-electron chi connectivity index (χ3n) is 1.61. The van der Waals surface area contributed by atoms with Crippen molar-refractivity contribution in [3.63, 3.8) is 0 Å². The van der Waals surface area contributed by atoms with Crippen LogP contribution in [0, 0.1) is 23.7 Å². The molecule has 0 saturated carbocycles. The van der Waals surface area contributed by atoms with Gasteiger partial charge in [0.2, 0.25) is 5.91 Å². The van der Waals surface area contributed by atoms with Gasteiger partial charge in [-0.1, -0.05) is 18.8 Å². The Hall–Kier alpha value is -1.26. The van der Waals surface area contributed by atoms with Crippen LogP contribution >= 0.6 is 7.60 Å². The second-order valence-electron chi connectivity index (χ2n) is 3.23. The van der Waals surface area contributed by atoms with Gasteiger partial charge in [0.05, 0.1) is 12.6 Å². The first-order valence-electron chi connectivity index (χ1n) is 5.22. The molecule has 1 amide bonds. The fraction of sp³-hybridized carbons (Fsp3) is 0.545. The maximum atomic E-state index is 11.1. The number of carbonyl (C=O) groups excluding carboxylic acids is 1. The zero-order chi connectivity index (χ0) is 13.1. The summed E-state index contributed by atoms with van der Waals surface area (Å²) in [4.78, 5) is 28.3. The summed E-state index contributed by atoms with van der Waals surface area (Å²) in [5.74, 6) is 10.2. The van der Waals surface area contributed by atoms with Crippen molar-refractivity contribution in [1.82, 2.24) is 5.32 Å². The molecule has 94 valence electrons. The molecule has 0 aliphatic rings. The lowest BCUT2D eigenvalue weighted by atomic mass is 10.3. The van der Waals surface area contributed by atoms with Crippen molar-refractivity contribution in [3.8, 4) is 23.7 Å². The lowest BCUT2D eigenvalue weighted by Gasteiger charge is -2.04. The number of amides is 1. The summed E-state index contributed by atoms with van der Waals surface area (Å²) >= 11 is 0. The lowest BCUT2D eigenvalue weighted by Crippen LogP contribution is -2.24. The molecule has 6 heteroatoms. The summed E-state index contributed by atoms with van der Waals surface area (Å²) in [5.41, 5.74) is 0. The SMILES string of the molecule is CCC#CC#CCC(=O)NCCCP(=O)(O)O. The van der Waals surface area contributed by atoms with E-state index in [1.807, 2.05) is 6.92 Å². The maximum absolute atomic E-state index is 11.1. The van der Waals surface area contributed by atoms with E-state index in [2.05, 4.69) is 29.0 Å². The summed E-state index contributed by atoms with van der Waals surface area (Å²) in [6.07, 6.45) is 0.803. The second kappa shape index (κ2) is 8.84. The van der Waals surface area contributed by atoms with Gasteiger partial charge >= 0.3 is 7.60 Å². The molecule has 0 aromatic carbocycles. The average Bonchev–Trinajstić information content (AvgIpc) is 2.23. The largest absolute Gasteiger partial charge is 0.355 e. The van der Waals surface area contributed by atoms with Crippen molar-refractivity contribution in [3.05, 3.63) is 0 Å². The molecule has 0 saturated heterocycles. The molecule has 0 aliphatic carbocycles. The maximum Gasteiger partial charge on any atom is 0.325 e. The highest BCUT2D eigenvalue weighted by atomic mass is 31.2. The molecule has 0 aliphatic heterocycles. The first-order valence-corrected chi connectivity index (χ1v) is 7.02. The Morgan fingerprint density at radius 3 is 2.53 bits per heavy atom. The van der Waals surface area contributed by atoms with Gasteiger partial charge in [0, 0.05) is 13.0 Å². The van der Waals surface area contributed by atoms with Gasteiger partial charge in [-0.05, 0) is 18.3 Å². The van der Waals surface area contributed by atoms with Crippen LogP contribution in [0.2, 0.25) is 0 Å². The van der Waals surface area contributed by atoms with E-state index in [9.17, 15) is 9.36 Å². The van der Waals surface area contributed by atoms with Gasteiger partial charge in [-0.25, -0.2) is 0 Å². The first kappa shape index (κ1) is 15.7. The Morgan fingerprint density at radius 2 is 1.94 bits per heavy atom. The van der Waals surface area contributed by atoms with E-state index < -0.39 is 7.60 Å². The van der Waals surface area contributed by atoms with Gasteiger partial charge < -0.3 is 15.1 Å². The van der Waals surface area contributed by atoms with E-state index in [4.69, 9.17) is 9.79 Å². The zero-order valence-corrected chi connectivity index (χ0v) is 10.6. The molecule has 17 heavy (non-hydrogen) atoms. The molecule has 0 unspecified atom stereocenters. The fourth-order valence-electron chi connectivity index (χ4n) is 0.877. The molecular formula is C11H16NO4P. The number of rotatable bonds is 5. The van der Waals surface area contributed by atoms with Gasteiger partial charge in [-0.2, -0.15) is 0 Å². The van der Waals surface area contributed by atoms with E-state index in [1.54, 1.807) is 0 Å². The number of hydrogen-bond acceptors (Lipinski definition) is 2. The molecule has 0 aromatic heterocycles. The van der Waals surface area contributed by atoms with E-state index in [0.717, 1.165) is 6.42 Å². The molecular weight excluding hydrogens is 241 g/mol. The van der Waals surface area contributed by atoms with Crippen molar-refractivity contribution in [1.29, 1.82) is 0 Å². The second-order valence-corrected chi connectivity index (χ2v) is 5.00. The topological polar surface area (TPSA) is 86.6 Å². The quantitative estimate of drug-likeness (QED) is 0.380. The van der Waals surface area contributed by atoms with E-state index in [-0.39, 0.29) is 31.5 Å². The van der Waals surface area contributed by atoms with Crippen LogP contribution in [0.3, 0.4) is 0 Å². The standard InChI is InChI=1S/C11H16NO4P/c1-2-3-4-5-6-8-11(13)12-9-7-10-17(14,15)16/h2,7-10H2,1H3,(H,12,13)(H2,14,15,16). The Labute approximate surface area is 101 Å². The fourth-order valence-corrected chi connectivity index (χ4v) is 1.45. The van der Waals surface area contributed by atoms with E-state index >= 15 is 0 Å². The molecule has 0 aromatic rings. The number of hydrogen-bond donors (Lipinski definition) is 3. The van der Waals surface area contributed by atoms with Crippen LogP contribution < -0.4 is 5.32 Å². The van der Waals surface area contributed by atoms with Crippen LogP contribution in [0.25, 0.3) is 0 Å². The van der Waals surface area contributed by atoms with Gasteiger partial charge in [0.25, 0.3) is 0 Å². The Kier molecular flexibility index (Phi) is 8.19. The van der Waals surface area contributed by atoms with Gasteiger partial charge in [-0.15, -0.1) is 0 Å².